The molecule has 4 rings (SSSR count). The number of anilines is 1. The maximum absolute atomic E-state index is 6.56. The minimum Gasteiger partial charge on any atom is -0.398 e. The lowest BCUT2D eigenvalue weighted by Gasteiger charge is -2.37. The Hall–Kier alpha value is -1.57. The van der Waals surface area contributed by atoms with Crippen molar-refractivity contribution in [2.24, 2.45) is 5.41 Å². The number of hydrogen-bond acceptors (Lipinski definition) is 2. The second kappa shape index (κ2) is 5.01. The molecule has 21 heavy (non-hydrogen) atoms. The summed E-state index contributed by atoms with van der Waals surface area (Å²) in [6.07, 6.45) is 11.9. The number of pyridine rings is 1. The molecule has 0 amide bonds. The predicted molar refractivity (Wildman–Crippen MR) is 88.3 cm³/mol. The summed E-state index contributed by atoms with van der Waals surface area (Å²) in [5.74, 6) is 0. The Bertz CT molecular complexity index is 669. The highest BCUT2D eigenvalue weighted by atomic mass is 14.7. The molecule has 2 aliphatic carbocycles. The Morgan fingerprint density at radius 1 is 0.952 bits per heavy atom. The Kier molecular flexibility index (Phi) is 3.13. The highest BCUT2D eigenvalue weighted by Gasteiger charge is 2.35. The number of aromatic nitrogens is 1. The molecule has 0 saturated heterocycles. The standard InChI is InChI=1S/C19H24N2/c20-18-14-7-2-3-8-16(14)21-17-9-6-12-19(13-15(17)18)10-4-1-5-11-19/h2-3,7-8H,1,4-6,9-13H2,(H2,20,21). The van der Waals surface area contributed by atoms with Crippen LogP contribution in [0, 0.1) is 5.41 Å². The Labute approximate surface area is 126 Å². The number of nitrogens with zero attached hydrogens (tertiary/aromatic N) is 1. The van der Waals surface area contributed by atoms with E-state index in [2.05, 4.69) is 24.3 Å². The zero-order chi connectivity index (χ0) is 14.3. The number of aryl methyl sites for hydroxylation is 1. The molecule has 2 aromatic rings. The molecule has 0 radical (unpaired) electrons. The minimum absolute atomic E-state index is 0.516. The molecule has 1 heterocycles. The van der Waals surface area contributed by atoms with Gasteiger partial charge in [0.2, 0.25) is 0 Å². The van der Waals surface area contributed by atoms with Crippen molar-refractivity contribution >= 4 is 16.6 Å². The maximum atomic E-state index is 6.56. The first kappa shape index (κ1) is 13.1. The second-order valence-corrected chi connectivity index (χ2v) is 7.06. The molecule has 1 aromatic heterocycles. The van der Waals surface area contributed by atoms with Crippen molar-refractivity contribution in [3.05, 3.63) is 35.5 Å². The van der Waals surface area contributed by atoms with Crippen LogP contribution in [0.25, 0.3) is 10.9 Å². The molecule has 2 N–H and O–H groups in total. The average Bonchev–Trinajstić information content (AvgIpc) is 2.68. The zero-order valence-corrected chi connectivity index (χ0v) is 12.7. The summed E-state index contributed by atoms with van der Waals surface area (Å²) < 4.78 is 0. The smallest absolute Gasteiger partial charge is 0.0726 e. The van der Waals surface area contributed by atoms with Gasteiger partial charge in [-0.15, -0.1) is 0 Å². The number of para-hydroxylation sites is 1. The van der Waals surface area contributed by atoms with Gasteiger partial charge in [-0.2, -0.15) is 0 Å². The fourth-order valence-corrected chi connectivity index (χ4v) is 4.56. The monoisotopic (exact) mass is 280 g/mol. The van der Waals surface area contributed by atoms with Crippen LogP contribution >= 0.6 is 0 Å². The van der Waals surface area contributed by atoms with Crippen LogP contribution in [0.3, 0.4) is 0 Å². The Morgan fingerprint density at radius 3 is 2.57 bits per heavy atom. The third-order valence-corrected chi connectivity index (χ3v) is 5.71. The van der Waals surface area contributed by atoms with E-state index < -0.39 is 0 Å². The van der Waals surface area contributed by atoms with Gasteiger partial charge in [0.05, 0.1) is 5.52 Å². The summed E-state index contributed by atoms with van der Waals surface area (Å²) in [6, 6.07) is 8.34. The first-order valence-electron chi connectivity index (χ1n) is 8.43. The molecule has 1 fully saturated rings. The topological polar surface area (TPSA) is 38.9 Å². The van der Waals surface area contributed by atoms with E-state index in [9.17, 15) is 0 Å². The van der Waals surface area contributed by atoms with Gasteiger partial charge < -0.3 is 5.73 Å². The molecule has 0 unspecified atom stereocenters. The van der Waals surface area contributed by atoms with Gasteiger partial charge >= 0.3 is 0 Å². The number of rotatable bonds is 0. The van der Waals surface area contributed by atoms with Crippen molar-refractivity contribution < 1.29 is 0 Å². The number of fused-ring (bicyclic) bond motifs is 2. The molecule has 2 aliphatic rings. The van der Waals surface area contributed by atoms with Crippen LogP contribution in [0.15, 0.2) is 24.3 Å². The van der Waals surface area contributed by atoms with E-state index >= 15 is 0 Å². The highest BCUT2D eigenvalue weighted by molar-refractivity contribution is 5.92. The van der Waals surface area contributed by atoms with Crippen molar-refractivity contribution in [1.82, 2.24) is 4.98 Å². The third-order valence-electron chi connectivity index (χ3n) is 5.71. The molecular weight excluding hydrogens is 256 g/mol. The van der Waals surface area contributed by atoms with Crippen molar-refractivity contribution in [2.75, 3.05) is 5.73 Å². The van der Waals surface area contributed by atoms with Crippen LogP contribution in [0.1, 0.15) is 56.2 Å². The third kappa shape index (κ3) is 2.21. The average molecular weight is 280 g/mol. The van der Waals surface area contributed by atoms with Crippen molar-refractivity contribution in [3.63, 3.8) is 0 Å². The van der Waals surface area contributed by atoms with E-state index in [-0.39, 0.29) is 0 Å². The summed E-state index contributed by atoms with van der Waals surface area (Å²) in [5, 5.41) is 1.14. The summed E-state index contributed by atoms with van der Waals surface area (Å²) in [4.78, 5) is 4.93. The quantitative estimate of drug-likeness (QED) is 0.763. The fraction of sp³-hybridized carbons (Fsp3) is 0.526. The van der Waals surface area contributed by atoms with Gasteiger partial charge in [0, 0.05) is 16.8 Å². The predicted octanol–water partition coefficient (Wildman–Crippen LogP) is 4.65. The van der Waals surface area contributed by atoms with Gasteiger partial charge in [-0.05, 0) is 55.6 Å². The summed E-state index contributed by atoms with van der Waals surface area (Å²) in [5.41, 5.74) is 11.8. The van der Waals surface area contributed by atoms with E-state index in [0.717, 1.165) is 29.4 Å². The van der Waals surface area contributed by atoms with Crippen LogP contribution < -0.4 is 5.73 Å². The van der Waals surface area contributed by atoms with Crippen LogP contribution in [-0.2, 0) is 12.8 Å². The zero-order valence-electron chi connectivity index (χ0n) is 12.7. The molecule has 0 bridgehead atoms. The first-order chi connectivity index (χ1) is 10.3. The Morgan fingerprint density at radius 2 is 1.71 bits per heavy atom. The molecule has 1 saturated carbocycles. The van der Waals surface area contributed by atoms with Crippen LogP contribution in [0.2, 0.25) is 0 Å². The van der Waals surface area contributed by atoms with Gasteiger partial charge in [0.25, 0.3) is 0 Å². The maximum Gasteiger partial charge on any atom is 0.0726 e. The number of nitrogens with two attached hydrogens (primary N) is 1. The number of benzene rings is 1. The number of hydrogen-bond donors (Lipinski definition) is 1. The van der Waals surface area contributed by atoms with Crippen molar-refractivity contribution in [2.45, 2.75) is 57.8 Å². The first-order valence-corrected chi connectivity index (χ1v) is 8.43. The lowest BCUT2D eigenvalue weighted by molar-refractivity contribution is 0.172. The lowest BCUT2D eigenvalue weighted by Crippen LogP contribution is -2.26. The second-order valence-electron chi connectivity index (χ2n) is 7.06. The van der Waals surface area contributed by atoms with Crippen molar-refractivity contribution in [3.8, 4) is 0 Å². The van der Waals surface area contributed by atoms with E-state index in [1.54, 1.807) is 0 Å². The molecule has 2 nitrogen and oxygen atoms in total. The lowest BCUT2D eigenvalue weighted by atomic mass is 9.68. The largest absolute Gasteiger partial charge is 0.398 e. The Balaban J connectivity index is 1.84. The fourth-order valence-electron chi connectivity index (χ4n) is 4.56. The molecule has 0 aliphatic heterocycles. The van der Waals surface area contributed by atoms with E-state index in [4.69, 9.17) is 10.7 Å². The molecule has 110 valence electrons. The van der Waals surface area contributed by atoms with Gasteiger partial charge in [0.15, 0.2) is 0 Å². The molecular formula is C19H24N2. The van der Waals surface area contributed by atoms with Gasteiger partial charge in [-0.25, -0.2) is 0 Å². The molecule has 0 atom stereocenters. The normalized spacial score (nSPS) is 21.1. The van der Waals surface area contributed by atoms with Crippen LogP contribution in [0.4, 0.5) is 5.69 Å². The summed E-state index contributed by atoms with van der Waals surface area (Å²) in [7, 11) is 0. The highest BCUT2D eigenvalue weighted by Crippen LogP contribution is 2.47. The van der Waals surface area contributed by atoms with E-state index in [1.807, 2.05) is 0 Å². The van der Waals surface area contributed by atoms with Gasteiger partial charge in [-0.1, -0.05) is 37.5 Å². The number of nitrogen functional groups attached to an aromatic ring is 1. The van der Waals surface area contributed by atoms with Crippen LogP contribution in [0.5, 0.6) is 0 Å². The molecule has 1 spiro atoms. The minimum atomic E-state index is 0.516. The molecule has 1 aromatic carbocycles. The van der Waals surface area contributed by atoms with E-state index in [1.165, 1.54) is 56.2 Å². The summed E-state index contributed by atoms with van der Waals surface area (Å²) in [6.45, 7) is 0. The van der Waals surface area contributed by atoms with Crippen molar-refractivity contribution in [1.29, 1.82) is 0 Å². The molecule has 2 heteroatoms. The van der Waals surface area contributed by atoms with Crippen LogP contribution in [-0.4, -0.2) is 4.98 Å². The van der Waals surface area contributed by atoms with E-state index in [0.29, 0.717) is 5.41 Å². The van der Waals surface area contributed by atoms with Gasteiger partial charge in [-0.3, -0.25) is 4.98 Å². The SMILES string of the molecule is Nc1c2c(nc3ccccc13)CCCC1(CCCCC1)C2. The van der Waals surface area contributed by atoms with Gasteiger partial charge in [0.1, 0.15) is 0 Å². The summed E-state index contributed by atoms with van der Waals surface area (Å²) >= 11 is 0.